The first-order valence-electron chi connectivity index (χ1n) is 31.2. The number of likely N-dealkylation sites (tertiary alicyclic amines) is 2. The van der Waals surface area contributed by atoms with E-state index in [4.69, 9.17) is 9.47 Å². The van der Waals surface area contributed by atoms with Crippen LogP contribution < -0.4 is 20.1 Å². The van der Waals surface area contributed by atoms with Crippen molar-refractivity contribution < 1.29 is 19.7 Å². The molecule has 8 heteroatoms. The zero-order valence-corrected chi connectivity index (χ0v) is 52.3. The van der Waals surface area contributed by atoms with Crippen molar-refractivity contribution in [3.05, 3.63) is 187 Å². The Labute approximate surface area is 494 Å². The van der Waals surface area contributed by atoms with Gasteiger partial charge in [0.25, 0.3) is 0 Å². The highest BCUT2D eigenvalue weighted by molar-refractivity contribution is 5.59. The molecule has 1 aliphatic carbocycles. The van der Waals surface area contributed by atoms with Crippen LogP contribution in [-0.2, 0) is 60.4 Å². The Hall–Kier alpha value is -5.64. The normalized spacial score (nSPS) is 16.3. The maximum atomic E-state index is 12.9. The van der Waals surface area contributed by atoms with E-state index in [1.54, 1.807) is 0 Å². The molecule has 82 heavy (non-hydrogen) atoms. The van der Waals surface area contributed by atoms with Crippen molar-refractivity contribution in [1.29, 1.82) is 0 Å². The van der Waals surface area contributed by atoms with Crippen LogP contribution in [0.5, 0.6) is 23.0 Å². The minimum atomic E-state index is -0.185. The Bertz CT molecular complexity index is 2760. The lowest BCUT2D eigenvalue weighted by Gasteiger charge is -2.32. The van der Waals surface area contributed by atoms with Gasteiger partial charge < -0.3 is 30.3 Å². The molecule has 8 nitrogen and oxygen atoms in total. The van der Waals surface area contributed by atoms with Gasteiger partial charge in [-0.25, -0.2) is 0 Å². The summed E-state index contributed by atoms with van der Waals surface area (Å²) in [4.78, 5) is 5.15. The quantitative estimate of drug-likeness (QED) is 0.0712. The minimum absolute atomic E-state index is 0.176. The van der Waals surface area contributed by atoms with Crippen LogP contribution in [0.15, 0.2) is 109 Å². The van der Waals surface area contributed by atoms with Crippen molar-refractivity contribution in [2.45, 2.75) is 194 Å². The molecule has 0 amide bonds. The lowest BCUT2D eigenvalue weighted by atomic mass is 9.79. The van der Waals surface area contributed by atoms with Gasteiger partial charge in [-0.3, -0.25) is 9.80 Å². The number of hydrogen-bond donors (Lipinski definition) is 4. The summed E-state index contributed by atoms with van der Waals surface area (Å²) in [5.74, 6) is 2.38. The van der Waals surface area contributed by atoms with E-state index in [9.17, 15) is 10.2 Å². The second-order valence-electron chi connectivity index (χ2n) is 28.6. The van der Waals surface area contributed by atoms with Crippen molar-refractivity contribution in [3.63, 3.8) is 0 Å². The van der Waals surface area contributed by atoms with E-state index in [0.29, 0.717) is 62.5 Å². The molecule has 9 rings (SSSR count). The Morgan fingerprint density at radius 1 is 0.402 bits per heavy atom. The maximum absolute atomic E-state index is 12.9. The zero-order chi connectivity index (χ0) is 58.4. The first-order valence-corrected chi connectivity index (χ1v) is 31.2. The fourth-order valence-electron chi connectivity index (χ4n) is 12.4. The molecule has 440 valence electrons. The van der Waals surface area contributed by atoms with Crippen LogP contribution in [0, 0.1) is 0 Å². The smallest absolute Gasteiger partial charge is 0.126 e. The van der Waals surface area contributed by atoms with Gasteiger partial charge in [0.05, 0.1) is 13.2 Å². The van der Waals surface area contributed by atoms with Crippen LogP contribution >= 0.6 is 0 Å². The topological polar surface area (TPSA) is 89.5 Å². The monoisotopic (exact) mass is 1110 g/mol. The van der Waals surface area contributed by atoms with Crippen LogP contribution in [0.1, 0.15) is 199 Å². The highest BCUT2D eigenvalue weighted by Gasteiger charge is 2.29. The van der Waals surface area contributed by atoms with E-state index >= 15 is 0 Å². The molecule has 0 unspecified atom stereocenters. The number of rotatable bonds is 16. The Morgan fingerprint density at radius 2 is 0.671 bits per heavy atom. The van der Waals surface area contributed by atoms with Crippen LogP contribution in [0.4, 0.5) is 0 Å². The van der Waals surface area contributed by atoms with Gasteiger partial charge in [-0.15, -0.1) is 0 Å². The number of phenols is 2. The van der Waals surface area contributed by atoms with Gasteiger partial charge in [-0.1, -0.05) is 192 Å². The third-order valence-electron chi connectivity index (χ3n) is 17.7. The molecule has 2 aliphatic heterocycles. The fourth-order valence-corrected chi connectivity index (χ4v) is 12.4. The highest BCUT2D eigenvalue weighted by atomic mass is 16.5. The van der Waals surface area contributed by atoms with Crippen LogP contribution in [0.25, 0.3) is 0 Å². The van der Waals surface area contributed by atoms with Crippen molar-refractivity contribution >= 4 is 0 Å². The van der Waals surface area contributed by atoms with Gasteiger partial charge >= 0.3 is 0 Å². The first-order chi connectivity index (χ1) is 38.9. The van der Waals surface area contributed by atoms with Crippen molar-refractivity contribution in [1.82, 2.24) is 20.4 Å². The minimum Gasteiger partial charge on any atom is -0.507 e. The van der Waals surface area contributed by atoms with Crippen molar-refractivity contribution in [3.8, 4) is 23.0 Å². The largest absolute Gasteiger partial charge is 0.507 e. The van der Waals surface area contributed by atoms with E-state index < -0.39 is 0 Å². The van der Waals surface area contributed by atoms with E-state index in [0.717, 1.165) is 147 Å². The molecule has 0 spiro atoms. The fraction of sp³-hybridized carbons (Fsp3) is 0.514. The lowest BCUT2D eigenvalue weighted by Crippen LogP contribution is -2.42. The second kappa shape index (κ2) is 26.1. The van der Waals surface area contributed by atoms with Crippen molar-refractivity contribution in [2.24, 2.45) is 0 Å². The van der Waals surface area contributed by atoms with E-state index in [-0.39, 0.29) is 21.7 Å². The number of nitrogens with one attached hydrogen (secondary N) is 2. The average molecular weight is 1110 g/mol. The number of fused-ring (bicyclic) bond motifs is 8. The molecule has 0 aromatic heterocycles. The molecule has 2 heterocycles. The molecule has 6 aromatic rings. The number of piperidine rings is 2. The summed E-state index contributed by atoms with van der Waals surface area (Å²) in [7, 11) is 0. The molecule has 0 radical (unpaired) electrons. The number of phenolic OH excluding ortho intramolecular Hbond substituents is 2. The number of nitrogens with zero attached hydrogens (tertiary/aromatic N) is 2. The molecule has 8 bridgehead atoms. The zero-order valence-electron chi connectivity index (χ0n) is 52.3. The summed E-state index contributed by atoms with van der Waals surface area (Å²) < 4.78 is 14.3. The molecule has 0 atom stereocenters. The van der Waals surface area contributed by atoms with Gasteiger partial charge in [-0.05, 0) is 177 Å². The van der Waals surface area contributed by atoms with E-state index in [2.05, 4.69) is 213 Å². The number of ether oxygens (including phenoxy) is 2. The van der Waals surface area contributed by atoms with Crippen LogP contribution in [0.2, 0.25) is 0 Å². The molecule has 3 aliphatic rings. The predicted molar refractivity (Wildman–Crippen MR) is 341 cm³/mol. The Kier molecular flexibility index (Phi) is 19.4. The summed E-state index contributed by atoms with van der Waals surface area (Å²) in [5.41, 5.74) is 14.6. The summed E-state index contributed by atoms with van der Waals surface area (Å²) in [6, 6.07) is 40.9. The van der Waals surface area contributed by atoms with Crippen LogP contribution in [0.3, 0.4) is 0 Å². The average Bonchev–Trinajstić information content (AvgIpc) is 3.58. The van der Waals surface area contributed by atoms with E-state index in [1.807, 2.05) is 0 Å². The second-order valence-corrected chi connectivity index (χ2v) is 28.6. The lowest BCUT2D eigenvalue weighted by molar-refractivity contribution is 0.189. The summed E-state index contributed by atoms with van der Waals surface area (Å²) in [6.07, 6.45) is 8.23. The summed E-state index contributed by atoms with van der Waals surface area (Å²) in [5, 5.41) is 33.5. The van der Waals surface area contributed by atoms with Crippen LogP contribution in [-0.4, -0.2) is 84.6 Å². The molecule has 2 saturated heterocycles. The maximum Gasteiger partial charge on any atom is 0.126 e. The third-order valence-corrected chi connectivity index (χ3v) is 17.7. The number of aromatic hydroxyl groups is 2. The van der Waals surface area contributed by atoms with Gasteiger partial charge in [0.15, 0.2) is 0 Å². The molecular weight excluding hydrogens is 1010 g/mol. The number of benzene rings is 6. The molecular formula is C74H100N4O4. The third kappa shape index (κ3) is 16.0. The van der Waals surface area contributed by atoms with Gasteiger partial charge in [0.2, 0.25) is 0 Å². The summed E-state index contributed by atoms with van der Waals surface area (Å²) in [6.45, 7) is 36.5. The van der Waals surface area contributed by atoms with Gasteiger partial charge in [-0.2, -0.15) is 0 Å². The van der Waals surface area contributed by atoms with Gasteiger partial charge in [0.1, 0.15) is 23.0 Å². The number of hydrogen-bond acceptors (Lipinski definition) is 8. The molecule has 0 saturated carbocycles. The van der Waals surface area contributed by atoms with Crippen molar-refractivity contribution in [2.75, 3.05) is 52.5 Å². The highest BCUT2D eigenvalue weighted by Crippen LogP contribution is 2.44. The first kappa shape index (κ1) is 60.9. The Morgan fingerprint density at radius 3 is 0.939 bits per heavy atom. The molecule has 2 fully saturated rings. The summed E-state index contributed by atoms with van der Waals surface area (Å²) >= 11 is 0. The van der Waals surface area contributed by atoms with E-state index in [1.165, 1.54) is 33.4 Å². The predicted octanol–water partition coefficient (Wildman–Crippen LogP) is 15.0. The molecule has 4 N–H and O–H groups in total. The standard InChI is InChI=1S/C74H100N4O4/c1-71(2,3)61-41-53-37-57-45-63(73(7,8)9)47-59(69(57)81-35-19-29-75-65-25-31-77(32-26-65)49-51-21-15-13-16-22-51)39-55-43-62(72(4,5)6)44-56(68(55)80)40-60-48-64(74(10,11)12)46-58(38-54(42-61)67(53)79)70(60)82-36-20-30-76-66-27-33-78(34-28-66)50-52-23-17-14-18-24-52/h13-18,21-24,41-48,65-66,75-76,79-80H,19-20,25-40,49-50H2,1-12H3. The SMILES string of the molecule is CC(C)(C)c1cc2c(O)c(c1)Cc1cc(C(C)(C)C)cc(c1OCCCNC1CCN(Cc3ccccc3)CC1)Cc1cc(C(C)(C)C)cc(c1O)Cc1cc(C(C)(C)C)cc(c1OCCCNC1CCN(Cc3ccccc3)CC1)C2. The Balaban J connectivity index is 1.04. The van der Waals surface area contributed by atoms with Gasteiger partial charge in [0, 0.05) is 50.9 Å². The molecule has 6 aromatic carbocycles.